The molecule has 0 radical (unpaired) electrons. The van der Waals surface area contributed by atoms with Gasteiger partial charge in [-0.15, -0.1) is 5.10 Å². The Morgan fingerprint density at radius 1 is 0.674 bits per heavy atom. The van der Waals surface area contributed by atoms with Crippen LogP contribution in [0.5, 0.6) is 0 Å². The monoisotopic (exact) mass is 1210 g/mol. The zero-order valence-corrected chi connectivity index (χ0v) is 49.4. The van der Waals surface area contributed by atoms with Crippen molar-refractivity contribution in [3.63, 3.8) is 0 Å². The fourth-order valence-electron chi connectivity index (χ4n) is 8.92. The van der Waals surface area contributed by atoms with Gasteiger partial charge in [0, 0.05) is 33.0 Å². The third kappa shape index (κ3) is 26.0. The molecule has 2 heterocycles. The highest BCUT2D eigenvalue weighted by Crippen LogP contribution is 2.13. The SMILES string of the molecule is CC(C)C[C@@H]1NC(=O)[C@H](C)NC(=O)[C@H](CCCCN)NC(=O)CCCCCn2cc(nn2)CN(CC(N)=O)C(=O)[C@H](C)NC(=O)[C@H](Cc2ccccc2)NC(=O)[C@H](CO)NC(=O)[C@H](CC(=O)O)NC(=O)CN(C)C(=O)[C@H](CCCN=C(N)N)NC1=O. The molecule has 2 bridgehead atoms. The molecule has 1 aliphatic heterocycles. The first kappa shape index (κ1) is 71.5. The Morgan fingerprint density at radius 3 is 1.91 bits per heavy atom. The first-order chi connectivity index (χ1) is 40.7. The number of carboxylic acid groups (broad SMARTS) is 1. The van der Waals surface area contributed by atoms with E-state index in [-0.39, 0.29) is 69.2 Å². The lowest BCUT2D eigenvalue weighted by Gasteiger charge is -2.28. The molecule has 2 aromatic rings. The molecule has 86 heavy (non-hydrogen) atoms. The molecule has 32 heteroatoms. The number of nitrogens with zero attached hydrogens (tertiary/aromatic N) is 6. The molecule has 3 rings (SSSR count). The molecule has 1 aliphatic rings. The number of aromatic nitrogens is 3. The van der Waals surface area contributed by atoms with Crippen LogP contribution in [0.4, 0.5) is 0 Å². The number of unbranched alkanes of at least 4 members (excludes halogenated alkanes) is 1. The molecule has 0 saturated heterocycles. The van der Waals surface area contributed by atoms with Crippen molar-refractivity contribution in [1.29, 1.82) is 0 Å². The largest absolute Gasteiger partial charge is 0.481 e. The predicted molar refractivity (Wildman–Crippen MR) is 309 cm³/mol. The number of carbonyl (C=O) groups is 12. The van der Waals surface area contributed by atoms with Crippen molar-refractivity contribution >= 4 is 76.9 Å². The first-order valence-corrected chi connectivity index (χ1v) is 28.5. The van der Waals surface area contributed by atoms with Gasteiger partial charge in [0.1, 0.15) is 54.0 Å². The van der Waals surface area contributed by atoms with Crippen molar-refractivity contribution in [2.24, 2.45) is 33.8 Å². The zero-order chi connectivity index (χ0) is 64.0. The van der Waals surface area contributed by atoms with E-state index in [2.05, 4.69) is 57.8 Å². The standard InChI is InChI=1S/C54H86N18O14/c1-31(2)23-38-49(82)64-37(18-14-21-59-54(57)58)53(86)70(5)29-44(76)63-40(25-45(77)78)50(83)67-41(30-73)51(84)66-39(24-34-15-8-6-9-16-34)48(81)61-33(4)52(85)71(28-42(56)74)26-35-27-72(69-68-35)22-13-7-10-19-43(75)62-36(17-11-12-20-55)47(80)60-32(3)46(79)65-38/h6,8-9,15-16,27,31-33,36-41,73H,7,10-14,17-26,28-30,55H2,1-5H3,(H2,56,74)(H,60,80)(H,61,81)(H,62,75)(H,63,76)(H,64,82)(H,65,79)(H,66,84)(H,67,83)(H,77,78)(H4,57,58,59)/t32-,33-,36-,37-,38-,39-,40-,41-/m0/s1. The van der Waals surface area contributed by atoms with Crippen LogP contribution in [-0.2, 0) is 77.0 Å². The summed E-state index contributed by atoms with van der Waals surface area (Å²) in [6.07, 6.45) is 3.04. The molecule has 0 saturated carbocycles. The number of aryl methyl sites for hydroxylation is 1. The summed E-state index contributed by atoms with van der Waals surface area (Å²) in [6, 6.07) is -3.32. The van der Waals surface area contributed by atoms with Crippen molar-refractivity contribution in [1.82, 2.24) is 67.3 Å². The fraction of sp³-hybridized carbons (Fsp3) is 0.611. The summed E-state index contributed by atoms with van der Waals surface area (Å²) in [5.74, 6) is -11.7. The third-order valence-corrected chi connectivity index (χ3v) is 13.4. The van der Waals surface area contributed by atoms with Crippen LogP contribution >= 0.6 is 0 Å². The Bertz CT molecular complexity index is 2670. The second kappa shape index (κ2) is 36.8. The molecule has 0 aliphatic carbocycles. The smallest absolute Gasteiger partial charge is 0.305 e. The normalized spacial score (nSPS) is 23.2. The van der Waals surface area contributed by atoms with Gasteiger partial charge in [-0.2, -0.15) is 0 Å². The summed E-state index contributed by atoms with van der Waals surface area (Å²) in [5.41, 5.74) is 23.0. The van der Waals surface area contributed by atoms with Crippen LogP contribution in [0.2, 0.25) is 0 Å². The van der Waals surface area contributed by atoms with E-state index >= 15 is 0 Å². The van der Waals surface area contributed by atoms with Crippen LogP contribution in [0.3, 0.4) is 0 Å². The minimum atomic E-state index is -1.93. The average Bonchev–Trinajstić information content (AvgIpc) is 3.16. The lowest BCUT2D eigenvalue weighted by Crippen LogP contribution is -2.60. The van der Waals surface area contributed by atoms with Gasteiger partial charge < -0.3 is 85.5 Å². The van der Waals surface area contributed by atoms with E-state index < -0.39 is 145 Å². The van der Waals surface area contributed by atoms with Crippen LogP contribution in [0.25, 0.3) is 0 Å². The molecule has 32 nitrogen and oxygen atoms in total. The third-order valence-electron chi connectivity index (χ3n) is 13.4. The van der Waals surface area contributed by atoms with E-state index in [1.165, 1.54) is 31.8 Å². The lowest BCUT2D eigenvalue weighted by molar-refractivity contribution is -0.142. The van der Waals surface area contributed by atoms with Gasteiger partial charge in [0.25, 0.3) is 0 Å². The second-order valence-electron chi connectivity index (χ2n) is 21.4. The minimum Gasteiger partial charge on any atom is -0.481 e. The van der Waals surface area contributed by atoms with E-state index in [1.807, 2.05) is 0 Å². The number of carbonyl (C=O) groups excluding carboxylic acids is 11. The molecule has 1 aromatic carbocycles. The average molecular weight is 1210 g/mol. The van der Waals surface area contributed by atoms with Crippen molar-refractivity contribution in [2.45, 2.75) is 166 Å². The number of amides is 11. The summed E-state index contributed by atoms with van der Waals surface area (Å²) < 4.78 is 1.49. The molecule has 0 unspecified atom stereocenters. The van der Waals surface area contributed by atoms with Crippen molar-refractivity contribution in [3.05, 3.63) is 47.8 Å². The van der Waals surface area contributed by atoms with E-state index in [4.69, 9.17) is 22.9 Å². The Hall–Kier alpha value is -8.81. The molecule has 11 amide bonds. The van der Waals surface area contributed by atoms with Crippen LogP contribution in [-0.4, -0.2) is 200 Å². The first-order valence-electron chi connectivity index (χ1n) is 28.5. The molecular formula is C54H86N18O14. The number of aliphatic carboxylic acids is 1. The van der Waals surface area contributed by atoms with Gasteiger partial charge in [-0.3, -0.25) is 67.2 Å². The molecule has 8 atom stereocenters. The number of carboxylic acids is 1. The number of nitrogens with two attached hydrogens (primary N) is 4. The number of aliphatic hydroxyl groups is 1. The molecule has 0 spiro atoms. The number of benzene rings is 1. The summed E-state index contributed by atoms with van der Waals surface area (Å²) in [6.45, 7) is 4.12. The summed E-state index contributed by atoms with van der Waals surface area (Å²) in [4.78, 5) is 168. The van der Waals surface area contributed by atoms with Crippen LogP contribution in [0.1, 0.15) is 110 Å². The number of aliphatic hydroxyl groups excluding tert-OH is 1. The van der Waals surface area contributed by atoms with Crippen molar-refractivity contribution < 1.29 is 67.7 Å². The number of rotatable bonds is 17. The van der Waals surface area contributed by atoms with Crippen molar-refractivity contribution in [2.75, 3.05) is 39.8 Å². The molecule has 1 aromatic heterocycles. The quantitative estimate of drug-likeness (QED) is 0.0401. The minimum absolute atomic E-state index is 0.00715. The van der Waals surface area contributed by atoms with E-state index in [9.17, 15) is 67.7 Å². The summed E-state index contributed by atoms with van der Waals surface area (Å²) in [5, 5.41) is 48.4. The molecular weight excluding hydrogens is 1120 g/mol. The van der Waals surface area contributed by atoms with E-state index in [0.29, 0.717) is 50.8 Å². The van der Waals surface area contributed by atoms with Gasteiger partial charge in [-0.05, 0) is 83.2 Å². The van der Waals surface area contributed by atoms with Crippen LogP contribution in [0, 0.1) is 5.92 Å². The number of guanidine groups is 1. The number of aliphatic imine (C=N–C) groups is 1. The number of likely N-dealkylation sites (N-methyl/N-ethyl adjacent to an activating group) is 1. The Morgan fingerprint density at radius 2 is 1.27 bits per heavy atom. The lowest BCUT2D eigenvalue weighted by atomic mass is 10.0. The van der Waals surface area contributed by atoms with Gasteiger partial charge >= 0.3 is 5.97 Å². The summed E-state index contributed by atoms with van der Waals surface area (Å²) in [7, 11) is 1.18. The Balaban J connectivity index is 2.03. The van der Waals surface area contributed by atoms with Crippen LogP contribution < -0.4 is 65.5 Å². The van der Waals surface area contributed by atoms with Crippen LogP contribution in [0.15, 0.2) is 41.5 Å². The van der Waals surface area contributed by atoms with E-state index in [0.717, 1.165) is 9.80 Å². The highest BCUT2D eigenvalue weighted by Gasteiger charge is 2.35. The summed E-state index contributed by atoms with van der Waals surface area (Å²) >= 11 is 0. The van der Waals surface area contributed by atoms with Gasteiger partial charge in [-0.25, -0.2) is 0 Å². The molecule has 0 fully saturated rings. The number of hydrogen-bond donors (Lipinski definition) is 14. The van der Waals surface area contributed by atoms with E-state index in [1.54, 1.807) is 44.2 Å². The number of fused-ring (bicyclic) bond motifs is 2. The maximum atomic E-state index is 14.1. The highest BCUT2D eigenvalue weighted by molar-refractivity contribution is 5.99. The topological polar surface area (TPSA) is 495 Å². The van der Waals surface area contributed by atoms with Crippen molar-refractivity contribution in [3.8, 4) is 0 Å². The molecule has 18 N–H and O–H groups in total. The maximum absolute atomic E-state index is 14.1. The van der Waals surface area contributed by atoms with Gasteiger partial charge in [0.05, 0.1) is 38.9 Å². The zero-order valence-electron chi connectivity index (χ0n) is 49.4. The predicted octanol–water partition coefficient (Wildman–Crippen LogP) is -5.02. The Labute approximate surface area is 498 Å². The second-order valence-corrected chi connectivity index (χ2v) is 21.4. The highest BCUT2D eigenvalue weighted by atomic mass is 16.4. The Kier molecular flexibility index (Phi) is 30.6. The maximum Gasteiger partial charge on any atom is 0.305 e. The number of hydrogen-bond acceptors (Lipinski definition) is 17. The van der Waals surface area contributed by atoms with Gasteiger partial charge in [0.2, 0.25) is 65.0 Å². The number of primary amides is 1. The van der Waals surface area contributed by atoms with Gasteiger partial charge in [0.15, 0.2) is 5.96 Å². The fourth-order valence-corrected chi connectivity index (χ4v) is 8.92. The number of nitrogens with one attached hydrogen (secondary N) is 8. The van der Waals surface area contributed by atoms with Gasteiger partial charge in [-0.1, -0.05) is 55.8 Å². The molecule has 476 valence electrons.